The van der Waals surface area contributed by atoms with Crippen LogP contribution in [-0.4, -0.2) is 52.6 Å². The number of hydrogen-bond donors (Lipinski definition) is 3. The van der Waals surface area contributed by atoms with Crippen LogP contribution in [0.25, 0.3) is 0 Å². The molecule has 0 saturated heterocycles. The Hall–Kier alpha value is -2.54. The van der Waals surface area contributed by atoms with Crippen molar-refractivity contribution in [3.8, 4) is 0 Å². The second-order valence-corrected chi connectivity index (χ2v) is 8.30. The minimum atomic E-state index is -3.99. The number of nitrogens with one attached hydrogen (secondary N) is 1. The Labute approximate surface area is 176 Å². The van der Waals surface area contributed by atoms with Gasteiger partial charge in [0.25, 0.3) is 0 Å². The van der Waals surface area contributed by atoms with E-state index in [9.17, 15) is 18.0 Å². The highest BCUT2D eigenvalue weighted by atomic mass is 35.5. The smallest absolute Gasteiger partial charge is 0.243 e. The maximum Gasteiger partial charge on any atom is 0.243 e. The SMILES string of the molecule is NC(=O)CCN(CCC(N)=O)S(=O)(=O)c1ccc(Nc2nc(Cl)nc(Cl)n2)cc1. The monoisotopic (exact) mass is 461 g/mol. The first-order valence-corrected chi connectivity index (χ1v) is 10.3. The van der Waals surface area contributed by atoms with Crippen molar-refractivity contribution in [2.75, 3.05) is 18.4 Å². The lowest BCUT2D eigenvalue weighted by Crippen LogP contribution is -2.36. The molecular formula is C15H17Cl2N7O4S. The van der Waals surface area contributed by atoms with E-state index < -0.39 is 21.8 Å². The predicted octanol–water partition coefficient (Wildman–Crippen LogP) is 0.663. The number of hydrogen-bond acceptors (Lipinski definition) is 8. The summed E-state index contributed by atoms with van der Waals surface area (Å²) >= 11 is 11.4. The molecule has 0 radical (unpaired) electrons. The van der Waals surface area contributed by atoms with Crippen molar-refractivity contribution in [3.05, 3.63) is 34.8 Å². The van der Waals surface area contributed by atoms with Gasteiger partial charge in [0.1, 0.15) is 0 Å². The fourth-order valence-corrected chi connectivity index (χ4v) is 4.00. The van der Waals surface area contributed by atoms with E-state index in [1.54, 1.807) is 0 Å². The lowest BCUT2D eigenvalue weighted by Gasteiger charge is -2.21. The molecule has 2 aromatic rings. The summed E-state index contributed by atoms with van der Waals surface area (Å²) in [7, 11) is -3.99. The molecule has 0 spiro atoms. The van der Waals surface area contributed by atoms with Gasteiger partial charge in [0.05, 0.1) is 4.90 Å². The van der Waals surface area contributed by atoms with Crippen LogP contribution in [0.1, 0.15) is 12.8 Å². The molecule has 0 fully saturated rings. The summed E-state index contributed by atoms with van der Waals surface area (Å²) in [5.74, 6) is -1.26. The zero-order valence-electron chi connectivity index (χ0n) is 14.9. The topological polar surface area (TPSA) is 174 Å². The van der Waals surface area contributed by atoms with E-state index in [0.717, 1.165) is 4.31 Å². The van der Waals surface area contributed by atoms with Crippen LogP contribution >= 0.6 is 23.2 Å². The fraction of sp³-hybridized carbons (Fsp3) is 0.267. The Balaban J connectivity index is 2.21. The third-order valence-corrected chi connectivity index (χ3v) is 5.80. The van der Waals surface area contributed by atoms with Crippen molar-refractivity contribution in [2.24, 2.45) is 11.5 Å². The molecule has 1 heterocycles. The van der Waals surface area contributed by atoms with Crippen molar-refractivity contribution < 1.29 is 18.0 Å². The normalized spacial score (nSPS) is 11.4. The van der Waals surface area contributed by atoms with Crippen molar-refractivity contribution >= 4 is 56.7 Å². The maximum absolute atomic E-state index is 12.8. The van der Waals surface area contributed by atoms with E-state index in [2.05, 4.69) is 20.3 Å². The summed E-state index contributed by atoms with van der Waals surface area (Å²) in [5.41, 5.74) is 10.7. The number of nitrogens with two attached hydrogens (primary N) is 2. The summed E-state index contributed by atoms with van der Waals surface area (Å²) in [6.45, 7) is -0.348. The number of carbonyl (C=O) groups is 2. The van der Waals surface area contributed by atoms with Crippen molar-refractivity contribution in [1.82, 2.24) is 19.3 Å². The van der Waals surface area contributed by atoms with Crippen LogP contribution in [0.5, 0.6) is 0 Å². The number of rotatable bonds is 10. The molecule has 2 amide bonds. The molecule has 0 aliphatic rings. The zero-order chi connectivity index (χ0) is 21.6. The third kappa shape index (κ3) is 6.78. The molecule has 0 atom stereocenters. The lowest BCUT2D eigenvalue weighted by atomic mass is 10.3. The molecule has 2 rings (SSSR count). The van der Waals surface area contributed by atoms with Gasteiger partial charge in [-0.1, -0.05) is 0 Å². The van der Waals surface area contributed by atoms with Crippen LogP contribution in [0.15, 0.2) is 29.2 Å². The number of primary amides is 2. The second-order valence-electron chi connectivity index (χ2n) is 5.68. The molecule has 0 aliphatic heterocycles. The number of nitrogens with zero attached hydrogens (tertiary/aromatic N) is 4. The minimum absolute atomic E-state index is 0.0521. The Bertz CT molecular complexity index is 964. The molecule has 14 heteroatoms. The molecule has 0 bridgehead atoms. The summed E-state index contributed by atoms with van der Waals surface area (Å²) in [6.07, 6.45) is -0.392. The Morgan fingerprint density at radius 1 is 0.931 bits per heavy atom. The van der Waals surface area contributed by atoms with Gasteiger partial charge in [-0.3, -0.25) is 9.59 Å². The number of sulfonamides is 1. The molecule has 0 unspecified atom stereocenters. The number of halogens is 2. The minimum Gasteiger partial charge on any atom is -0.370 e. The van der Waals surface area contributed by atoms with E-state index in [1.165, 1.54) is 24.3 Å². The highest BCUT2D eigenvalue weighted by Gasteiger charge is 2.25. The standard InChI is InChI=1S/C15H17Cl2N7O4S/c16-13-21-14(17)23-15(22-13)20-9-1-3-10(4-2-9)29(27,28)24(7-5-11(18)25)8-6-12(19)26/h1-4H,5-8H2,(H2,18,25)(H2,19,26)(H,20,21,22,23). The summed E-state index contributed by atoms with van der Waals surface area (Å²) in [4.78, 5) is 33.3. The highest BCUT2D eigenvalue weighted by Crippen LogP contribution is 2.21. The van der Waals surface area contributed by atoms with E-state index in [4.69, 9.17) is 34.7 Å². The van der Waals surface area contributed by atoms with E-state index in [-0.39, 0.29) is 47.3 Å². The molecule has 1 aromatic carbocycles. The van der Waals surface area contributed by atoms with Gasteiger partial charge < -0.3 is 16.8 Å². The maximum atomic E-state index is 12.8. The predicted molar refractivity (Wildman–Crippen MR) is 106 cm³/mol. The Morgan fingerprint density at radius 2 is 1.41 bits per heavy atom. The number of anilines is 2. The van der Waals surface area contributed by atoms with Crippen LogP contribution in [0, 0.1) is 0 Å². The van der Waals surface area contributed by atoms with Gasteiger partial charge in [0, 0.05) is 31.6 Å². The quantitative estimate of drug-likeness (QED) is 0.462. The number of amides is 2. The van der Waals surface area contributed by atoms with Gasteiger partial charge in [-0.25, -0.2) is 8.42 Å². The van der Waals surface area contributed by atoms with Crippen molar-refractivity contribution in [2.45, 2.75) is 17.7 Å². The first-order chi connectivity index (χ1) is 13.6. The van der Waals surface area contributed by atoms with Gasteiger partial charge in [0.2, 0.25) is 38.4 Å². The highest BCUT2D eigenvalue weighted by molar-refractivity contribution is 7.89. The molecule has 0 saturated carbocycles. The third-order valence-electron chi connectivity index (χ3n) is 3.54. The molecule has 156 valence electrons. The first-order valence-electron chi connectivity index (χ1n) is 8.09. The van der Waals surface area contributed by atoms with Crippen LogP contribution in [0.4, 0.5) is 11.6 Å². The van der Waals surface area contributed by atoms with Gasteiger partial charge in [-0.2, -0.15) is 19.3 Å². The van der Waals surface area contributed by atoms with Crippen LogP contribution in [0.3, 0.4) is 0 Å². The number of benzene rings is 1. The molecule has 0 aliphatic carbocycles. The average Bonchev–Trinajstić information content (AvgIpc) is 2.60. The van der Waals surface area contributed by atoms with Gasteiger partial charge in [-0.05, 0) is 47.5 Å². The fourth-order valence-electron chi connectivity index (χ4n) is 2.19. The molecular weight excluding hydrogens is 445 g/mol. The number of aromatic nitrogens is 3. The molecule has 29 heavy (non-hydrogen) atoms. The lowest BCUT2D eigenvalue weighted by molar-refractivity contribution is -0.118. The Kier molecular flexibility index (Phi) is 7.67. The van der Waals surface area contributed by atoms with Crippen LogP contribution < -0.4 is 16.8 Å². The van der Waals surface area contributed by atoms with Gasteiger partial charge >= 0.3 is 0 Å². The summed E-state index contributed by atoms with van der Waals surface area (Å²) in [5, 5.41) is 2.60. The summed E-state index contributed by atoms with van der Waals surface area (Å²) in [6, 6.07) is 5.62. The van der Waals surface area contributed by atoms with E-state index in [0.29, 0.717) is 5.69 Å². The van der Waals surface area contributed by atoms with Crippen LogP contribution in [-0.2, 0) is 19.6 Å². The summed E-state index contributed by atoms with van der Waals surface area (Å²) < 4.78 is 26.7. The largest absolute Gasteiger partial charge is 0.370 e. The molecule has 1 aromatic heterocycles. The zero-order valence-corrected chi connectivity index (χ0v) is 17.2. The first kappa shape index (κ1) is 22.7. The van der Waals surface area contributed by atoms with Crippen molar-refractivity contribution in [1.29, 1.82) is 0 Å². The molecule has 5 N–H and O–H groups in total. The molecule has 11 nitrogen and oxygen atoms in total. The van der Waals surface area contributed by atoms with E-state index >= 15 is 0 Å². The van der Waals surface area contributed by atoms with Gasteiger partial charge in [0.15, 0.2) is 0 Å². The van der Waals surface area contributed by atoms with Crippen LogP contribution in [0.2, 0.25) is 10.6 Å². The second kappa shape index (κ2) is 9.78. The average molecular weight is 462 g/mol. The van der Waals surface area contributed by atoms with Gasteiger partial charge in [-0.15, -0.1) is 0 Å². The Morgan fingerprint density at radius 3 is 1.86 bits per heavy atom. The van der Waals surface area contributed by atoms with Crippen molar-refractivity contribution in [3.63, 3.8) is 0 Å². The number of carbonyl (C=O) groups excluding carboxylic acids is 2. The van der Waals surface area contributed by atoms with E-state index in [1.807, 2.05) is 0 Å².